The summed E-state index contributed by atoms with van der Waals surface area (Å²) in [6, 6.07) is 14.7. The predicted molar refractivity (Wildman–Crippen MR) is 141 cm³/mol. The van der Waals surface area contributed by atoms with Gasteiger partial charge in [0.2, 0.25) is 0 Å². The number of benzene rings is 3. The molecule has 13 heteroatoms. The predicted octanol–water partition coefficient (Wildman–Crippen LogP) is 6.26. The fourth-order valence-electron chi connectivity index (χ4n) is 3.84. The highest BCUT2D eigenvalue weighted by molar-refractivity contribution is 7.22. The number of halogens is 4. The van der Waals surface area contributed by atoms with Gasteiger partial charge in [0.05, 0.1) is 32.4 Å². The van der Waals surface area contributed by atoms with Crippen LogP contribution < -0.4 is 10.6 Å². The molecule has 2 aromatic heterocycles. The smallest absolute Gasteiger partial charge is 0.377 e. The number of amides is 2. The van der Waals surface area contributed by atoms with Crippen LogP contribution in [0.15, 0.2) is 60.7 Å². The second kappa shape index (κ2) is 10.8. The Hall–Kier alpha value is -4.00. The molecule has 5 rings (SSSR count). The van der Waals surface area contributed by atoms with Crippen LogP contribution in [0.4, 0.5) is 24.0 Å². The standard InChI is InChI=1S/C25H18F3N5O3S.ClH/c1-36-12-20-30-18-11-13(29-22(34)14-6-2-3-7-16(14)25(26,27)28)10-15(21(18)32-20)23(35)33-24-31-17-8-4-5-9-19(17)37-24;/h2-11H,12H2,1H3,(H,29,34)(H,30,32)(H,31,33,35);1H. The van der Waals surface area contributed by atoms with Crippen molar-refractivity contribution in [2.45, 2.75) is 12.8 Å². The second-order valence-electron chi connectivity index (χ2n) is 7.97. The number of para-hydroxylation sites is 1. The van der Waals surface area contributed by atoms with Crippen LogP contribution in [0.25, 0.3) is 21.3 Å². The Labute approximate surface area is 223 Å². The van der Waals surface area contributed by atoms with E-state index < -0.39 is 29.1 Å². The van der Waals surface area contributed by atoms with Gasteiger partial charge in [-0.2, -0.15) is 13.2 Å². The van der Waals surface area contributed by atoms with Crippen LogP contribution in [0.5, 0.6) is 0 Å². The van der Waals surface area contributed by atoms with Gasteiger partial charge in [0.1, 0.15) is 17.9 Å². The molecule has 0 aliphatic carbocycles. The van der Waals surface area contributed by atoms with Crippen LogP contribution in [0, 0.1) is 0 Å². The van der Waals surface area contributed by atoms with Gasteiger partial charge in [0.15, 0.2) is 5.13 Å². The molecule has 0 radical (unpaired) electrons. The molecule has 2 amide bonds. The van der Waals surface area contributed by atoms with E-state index in [9.17, 15) is 22.8 Å². The van der Waals surface area contributed by atoms with E-state index in [-0.39, 0.29) is 30.3 Å². The number of rotatable bonds is 6. The van der Waals surface area contributed by atoms with Crippen molar-refractivity contribution in [1.82, 2.24) is 15.0 Å². The van der Waals surface area contributed by atoms with Crippen molar-refractivity contribution in [2.24, 2.45) is 0 Å². The number of carbonyl (C=O) groups excluding carboxylic acids is 2. The summed E-state index contributed by atoms with van der Waals surface area (Å²) >= 11 is 1.29. The summed E-state index contributed by atoms with van der Waals surface area (Å²) in [5.74, 6) is -1.09. The van der Waals surface area contributed by atoms with Gasteiger partial charge in [-0.15, -0.1) is 12.4 Å². The molecule has 5 aromatic rings. The van der Waals surface area contributed by atoms with Crippen LogP contribution in [-0.4, -0.2) is 33.9 Å². The van der Waals surface area contributed by atoms with E-state index in [1.807, 2.05) is 24.3 Å². The Morgan fingerprint density at radius 3 is 2.42 bits per heavy atom. The number of imidazole rings is 1. The van der Waals surface area contributed by atoms with Crippen molar-refractivity contribution in [1.29, 1.82) is 0 Å². The van der Waals surface area contributed by atoms with E-state index in [4.69, 9.17) is 4.74 Å². The lowest BCUT2D eigenvalue weighted by molar-refractivity contribution is -0.137. The maximum Gasteiger partial charge on any atom is 0.417 e. The summed E-state index contributed by atoms with van der Waals surface area (Å²) in [5.41, 5.74) is 0.0140. The highest BCUT2D eigenvalue weighted by Gasteiger charge is 2.35. The van der Waals surface area contributed by atoms with E-state index in [1.54, 1.807) is 0 Å². The maximum atomic E-state index is 13.4. The molecule has 0 fully saturated rings. The number of nitrogens with zero attached hydrogens (tertiary/aromatic N) is 2. The van der Waals surface area contributed by atoms with Gasteiger partial charge >= 0.3 is 6.18 Å². The van der Waals surface area contributed by atoms with Crippen molar-refractivity contribution < 1.29 is 27.5 Å². The monoisotopic (exact) mass is 561 g/mol. The molecule has 0 bridgehead atoms. The number of fused-ring (bicyclic) bond motifs is 2. The molecule has 0 spiro atoms. The van der Waals surface area contributed by atoms with E-state index in [0.29, 0.717) is 22.0 Å². The average molecular weight is 562 g/mol. The summed E-state index contributed by atoms with van der Waals surface area (Å²) in [6.07, 6.45) is -4.71. The molecule has 2 heterocycles. The minimum atomic E-state index is -4.71. The highest BCUT2D eigenvalue weighted by atomic mass is 35.5. The molecule has 0 aliphatic rings. The minimum absolute atomic E-state index is 0. The van der Waals surface area contributed by atoms with Gasteiger partial charge < -0.3 is 15.0 Å². The summed E-state index contributed by atoms with van der Waals surface area (Å²) in [7, 11) is 1.48. The lowest BCUT2D eigenvalue weighted by Gasteiger charge is -2.13. The van der Waals surface area contributed by atoms with Crippen molar-refractivity contribution >= 4 is 67.6 Å². The lowest BCUT2D eigenvalue weighted by Crippen LogP contribution is -2.19. The van der Waals surface area contributed by atoms with Crippen molar-refractivity contribution in [2.75, 3.05) is 17.7 Å². The number of ether oxygens (including phenoxy) is 1. The zero-order chi connectivity index (χ0) is 26.2. The first-order valence-corrected chi connectivity index (χ1v) is 11.7. The molecule has 0 saturated carbocycles. The Morgan fingerprint density at radius 1 is 0.974 bits per heavy atom. The summed E-state index contributed by atoms with van der Waals surface area (Å²) in [6.45, 7) is 0.133. The van der Waals surface area contributed by atoms with E-state index in [1.165, 1.54) is 42.7 Å². The van der Waals surface area contributed by atoms with Crippen molar-refractivity contribution in [3.63, 3.8) is 0 Å². The SMILES string of the molecule is COCc1nc2c(C(=O)Nc3nc4ccccc4s3)cc(NC(=O)c3ccccc3C(F)(F)F)cc2[nH]1.Cl. The number of thiazole rings is 1. The Balaban J connectivity index is 0.00000336. The second-order valence-corrected chi connectivity index (χ2v) is 9.01. The molecule has 0 atom stereocenters. The van der Waals surface area contributed by atoms with E-state index >= 15 is 0 Å². The molecule has 8 nitrogen and oxygen atoms in total. The first-order chi connectivity index (χ1) is 17.7. The van der Waals surface area contributed by atoms with Crippen LogP contribution in [0.2, 0.25) is 0 Å². The summed E-state index contributed by atoms with van der Waals surface area (Å²) in [5, 5.41) is 5.58. The van der Waals surface area contributed by atoms with Gasteiger partial charge in [-0.1, -0.05) is 35.6 Å². The average Bonchev–Trinajstić information content (AvgIpc) is 3.46. The number of anilines is 2. The van der Waals surface area contributed by atoms with Crippen LogP contribution in [-0.2, 0) is 17.5 Å². The third-order valence-electron chi connectivity index (χ3n) is 5.41. The molecular weight excluding hydrogens is 543 g/mol. The van der Waals surface area contributed by atoms with Crippen molar-refractivity contribution in [3.8, 4) is 0 Å². The number of hydrogen-bond acceptors (Lipinski definition) is 6. The number of hydrogen-bond donors (Lipinski definition) is 3. The molecule has 38 heavy (non-hydrogen) atoms. The summed E-state index contributed by atoms with van der Waals surface area (Å²) in [4.78, 5) is 37.9. The Morgan fingerprint density at radius 2 is 1.68 bits per heavy atom. The Kier molecular flexibility index (Phi) is 7.67. The molecular formula is C25H19ClF3N5O3S. The zero-order valence-corrected chi connectivity index (χ0v) is 21.2. The first-order valence-electron chi connectivity index (χ1n) is 10.9. The van der Waals surface area contributed by atoms with Gasteiger partial charge in [-0.25, -0.2) is 9.97 Å². The summed E-state index contributed by atoms with van der Waals surface area (Å²) < 4.78 is 46.3. The van der Waals surface area contributed by atoms with Crippen LogP contribution in [0.3, 0.4) is 0 Å². The fourth-order valence-corrected chi connectivity index (χ4v) is 4.70. The van der Waals surface area contributed by atoms with Gasteiger partial charge in [-0.05, 0) is 36.4 Å². The van der Waals surface area contributed by atoms with Gasteiger partial charge in [0, 0.05) is 12.8 Å². The minimum Gasteiger partial charge on any atom is -0.377 e. The number of alkyl halides is 3. The molecule has 0 unspecified atom stereocenters. The van der Waals surface area contributed by atoms with Crippen LogP contribution >= 0.6 is 23.7 Å². The third-order valence-corrected chi connectivity index (χ3v) is 6.36. The Bertz CT molecular complexity index is 1620. The first kappa shape index (κ1) is 27.0. The molecule has 3 aromatic carbocycles. The number of methoxy groups -OCH3 is 1. The van der Waals surface area contributed by atoms with Gasteiger partial charge in [0.25, 0.3) is 11.8 Å². The quantitative estimate of drug-likeness (QED) is 0.227. The molecule has 196 valence electrons. The largest absolute Gasteiger partial charge is 0.417 e. The topological polar surface area (TPSA) is 109 Å². The van der Waals surface area contributed by atoms with Gasteiger partial charge in [-0.3, -0.25) is 14.9 Å². The molecule has 0 saturated heterocycles. The van der Waals surface area contributed by atoms with E-state index in [2.05, 4.69) is 25.6 Å². The number of H-pyrrole nitrogens is 1. The number of aromatic amines is 1. The fraction of sp³-hybridized carbons (Fsp3) is 0.120. The highest BCUT2D eigenvalue weighted by Crippen LogP contribution is 2.33. The normalized spacial score (nSPS) is 11.4. The van der Waals surface area contributed by atoms with E-state index in [0.717, 1.165) is 22.3 Å². The lowest BCUT2D eigenvalue weighted by atomic mass is 10.1. The number of nitrogens with one attached hydrogen (secondary N) is 3. The number of carbonyl (C=O) groups is 2. The third kappa shape index (κ3) is 5.47. The van der Waals surface area contributed by atoms with Crippen molar-refractivity contribution in [3.05, 3.63) is 83.2 Å². The van der Waals surface area contributed by atoms with Crippen LogP contribution in [0.1, 0.15) is 32.1 Å². The zero-order valence-electron chi connectivity index (χ0n) is 19.6. The molecule has 3 N–H and O–H groups in total. The molecule has 0 aliphatic heterocycles. The maximum absolute atomic E-state index is 13.4. The number of aromatic nitrogens is 3.